The monoisotopic (exact) mass is 708 g/mol. The second-order valence-electron chi connectivity index (χ2n) is 9.85. The maximum atomic E-state index is 11.9. The van der Waals surface area contributed by atoms with Gasteiger partial charge in [-0.25, -0.2) is 9.59 Å². The van der Waals surface area contributed by atoms with Crippen LogP contribution in [0.3, 0.4) is 0 Å². The SMILES string of the molecule is O=C(O)c1cc(N=Nc2ccc(-c3ccccc3)c(N=Nc3cc(C(=O)O)c(O)c4ccccc34)c2I)c2ccccc2c1O. The van der Waals surface area contributed by atoms with E-state index in [1.54, 1.807) is 54.6 Å². The summed E-state index contributed by atoms with van der Waals surface area (Å²) in [6.45, 7) is 0. The first-order valence-corrected chi connectivity index (χ1v) is 14.5. The Kier molecular flexibility index (Phi) is 7.92. The quantitative estimate of drug-likeness (QED) is 0.0952. The number of phenols is 2. The fraction of sp³-hybridized carbons (Fsp3) is 0. The number of benzene rings is 6. The predicted octanol–water partition coefficient (Wildman–Crippen LogP) is 9.90. The highest BCUT2D eigenvalue weighted by atomic mass is 127. The number of carboxylic acid groups (broad SMARTS) is 2. The number of hydrogen-bond acceptors (Lipinski definition) is 8. The summed E-state index contributed by atoms with van der Waals surface area (Å²) in [4.78, 5) is 23.7. The van der Waals surface area contributed by atoms with Crippen LogP contribution in [-0.2, 0) is 0 Å². The van der Waals surface area contributed by atoms with Gasteiger partial charge in [-0.1, -0.05) is 78.9 Å². The van der Waals surface area contributed by atoms with Gasteiger partial charge in [0.05, 0.1) is 14.9 Å². The standard InChI is InChI=1S/C34H21IN4O6/c35-29-26(36-37-27-16-24(33(42)43)31(40)22-12-6-4-10-20(22)27)15-14-19(18-8-2-1-3-9-18)30(29)39-38-28-17-25(34(44)45)32(41)23-13-7-5-11-21(23)28/h1-17,40-41H,(H,42,43)(H,44,45). The highest BCUT2D eigenvalue weighted by Crippen LogP contribution is 2.43. The molecule has 11 heteroatoms. The zero-order chi connectivity index (χ0) is 31.7. The molecule has 0 saturated heterocycles. The number of fused-ring (bicyclic) bond motifs is 2. The molecular formula is C34H21IN4O6. The van der Waals surface area contributed by atoms with Gasteiger partial charge < -0.3 is 20.4 Å². The third-order valence-corrected chi connectivity index (χ3v) is 8.22. The van der Waals surface area contributed by atoms with Crippen molar-refractivity contribution in [2.24, 2.45) is 20.5 Å². The van der Waals surface area contributed by atoms with Gasteiger partial charge in [-0.3, -0.25) is 0 Å². The summed E-state index contributed by atoms with van der Waals surface area (Å²) in [7, 11) is 0. The molecule has 0 aliphatic carbocycles. The van der Waals surface area contributed by atoms with Crippen LogP contribution in [0, 0.1) is 3.57 Å². The maximum absolute atomic E-state index is 11.9. The van der Waals surface area contributed by atoms with Crippen LogP contribution in [0.25, 0.3) is 32.7 Å². The van der Waals surface area contributed by atoms with E-state index in [1.807, 2.05) is 36.4 Å². The van der Waals surface area contributed by atoms with Crippen molar-refractivity contribution < 1.29 is 30.0 Å². The lowest BCUT2D eigenvalue weighted by Crippen LogP contribution is -1.97. The van der Waals surface area contributed by atoms with E-state index in [2.05, 4.69) is 43.0 Å². The fourth-order valence-electron chi connectivity index (χ4n) is 4.96. The van der Waals surface area contributed by atoms with Gasteiger partial charge in [0, 0.05) is 27.1 Å². The molecule has 0 aliphatic rings. The highest BCUT2D eigenvalue weighted by molar-refractivity contribution is 14.1. The van der Waals surface area contributed by atoms with Crippen molar-refractivity contribution in [3.8, 4) is 22.6 Å². The largest absolute Gasteiger partial charge is 0.506 e. The number of carbonyl (C=O) groups is 2. The molecule has 0 aliphatic heterocycles. The lowest BCUT2D eigenvalue weighted by Gasteiger charge is -2.11. The number of rotatable bonds is 7. The second kappa shape index (κ2) is 12.1. The summed E-state index contributed by atoms with van der Waals surface area (Å²) in [5, 5.41) is 59.9. The Labute approximate surface area is 268 Å². The van der Waals surface area contributed by atoms with Gasteiger partial charge in [0.1, 0.15) is 34.0 Å². The summed E-state index contributed by atoms with van der Waals surface area (Å²) in [6.07, 6.45) is 0. The van der Waals surface area contributed by atoms with Crippen molar-refractivity contribution in [1.29, 1.82) is 0 Å². The maximum Gasteiger partial charge on any atom is 0.339 e. The lowest BCUT2D eigenvalue weighted by molar-refractivity contribution is 0.0682. The molecule has 4 N–H and O–H groups in total. The third kappa shape index (κ3) is 5.56. The molecule has 0 amide bonds. The Balaban J connectivity index is 1.51. The molecule has 0 unspecified atom stereocenters. The Bertz CT molecular complexity index is 2220. The summed E-state index contributed by atoms with van der Waals surface area (Å²) in [6, 6.07) is 29.1. The Hall–Kier alpha value is -5.69. The number of aromatic hydroxyl groups is 2. The third-order valence-electron chi connectivity index (χ3n) is 7.15. The van der Waals surface area contributed by atoms with Crippen molar-refractivity contribution in [2.45, 2.75) is 0 Å². The van der Waals surface area contributed by atoms with E-state index in [1.165, 1.54) is 12.1 Å². The summed E-state index contributed by atoms with van der Waals surface area (Å²) in [5.74, 6) is -3.31. The van der Waals surface area contributed by atoms with E-state index >= 15 is 0 Å². The zero-order valence-electron chi connectivity index (χ0n) is 23.1. The van der Waals surface area contributed by atoms with Gasteiger partial charge in [-0.05, 0) is 52.4 Å². The molecule has 220 valence electrons. The van der Waals surface area contributed by atoms with E-state index in [-0.39, 0.29) is 34.0 Å². The molecule has 0 fully saturated rings. The molecule has 0 atom stereocenters. The first-order valence-electron chi connectivity index (χ1n) is 13.4. The Morgan fingerprint density at radius 1 is 0.533 bits per heavy atom. The number of hydrogen-bond donors (Lipinski definition) is 4. The predicted molar refractivity (Wildman–Crippen MR) is 178 cm³/mol. The van der Waals surface area contributed by atoms with E-state index in [0.29, 0.717) is 36.5 Å². The smallest absolute Gasteiger partial charge is 0.339 e. The summed E-state index contributed by atoms with van der Waals surface area (Å²) < 4.78 is 0.574. The lowest BCUT2D eigenvalue weighted by atomic mass is 10.0. The van der Waals surface area contributed by atoms with Crippen LogP contribution in [0.2, 0.25) is 0 Å². The average Bonchev–Trinajstić information content (AvgIpc) is 3.05. The molecule has 0 saturated carbocycles. The van der Waals surface area contributed by atoms with Crippen molar-refractivity contribution in [3.63, 3.8) is 0 Å². The van der Waals surface area contributed by atoms with E-state index in [0.717, 1.165) is 11.1 Å². The van der Waals surface area contributed by atoms with Crippen molar-refractivity contribution in [1.82, 2.24) is 0 Å². The van der Waals surface area contributed by atoms with Crippen molar-refractivity contribution in [2.75, 3.05) is 0 Å². The van der Waals surface area contributed by atoms with Crippen LogP contribution in [0.1, 0.15) is 20.7 Å². The highest BCUT2D eigenvalue weighted by Gasteiger charge is 2.19. The molecule has 6 rings (SSSR count). The fourth-order valence-corrected chi connectivity index (χ4v) is 5.65. The normalized spacial score (nSPS) is 11.6. The zero-order valence-corrected chi connectivity index (χ0v) is 25.2. The second-order valence-corrected chi connectivity index (χ2v) is 10.9. The van der Waals surface area contributed by atoms with Gasteiger partial charge >= 0.3 is 11.9 Å². The first kappa shape index (κ1) is 29.4. The summed E-state index contributed by atoms with van der Waals surface area (Å²) in [5.41, 5.74) is 2.34. The molecular weight excluding hydrogens is 687 g/mol. The molecule has 6 aromatic carbocycles. The molecule has 0 aromatic heterocycles. The van der Waals surface area contributed by atoms with Crippen LogP contribution < -0.4 is 0 Å². The van der Waals surface area contributed by atoms with Crippen molar-refractivity contribution >= 4 is 78.8 Å². The van der Waals surface area contributed by atoms with Crippen LogP contribution >= 0.6 is 22.6 Å². The number of nitrogens with zero attached hydrogens (tertiary/aromatic N) is 4. The van der Waals surface area contributed by atoms with Gasteiger partial charge in [0.2, 0.25) is 0 Å². The molecule has 0 bridgehead atoms. The number of aromatic carboxylic acids is 2. The minimum Gasteiger partial charge on any atom is -0.506 e. The van der Waals surface area contributed by atoms with Crippen LogP contribution in [0.4, 0.5) is 22.7 Å². The molecule has 45 heavy (non-hydrogen) atoms. The van der Waals surface area contributed by atoms with Crippen molar-refractivity contribution in [3.05, 3.63) is 118 Å². The van der Waals surface area contributed by atoms with Crippen LogP contribution in [0.15, 0.2) is 124 Å². The molecule has 0 radical (unpaired) electrons. The van der Waals surface area contributed by atoms with Gasteiger partial charge in [-0.2, -0.15) is 0 Å². The Morgan fingerprint density at radius 2 is 0.978 bits per heavy atom. The van der Waals surface area contributed by atoms with E-state index < -0.39 is 11.9 Å². The number of carboxylic acids is 2. The van der Waals surface area contributed by atoms with Gasteiger partial charge in [0.25, 0.3) is 0 Å². The molecule has 0 spiro atoms. The summed E-state index contributed by atoms with van der Waals surface area (Å²) >= 11 is 2.08. The number of azo groups is 2. The van der Waals surface area contributed by atoms with Crippen LogP contribution in [0.5, 0.6) is 11.5 Å². The van der Waals surface area contributed by atoms with Gasteiger partial charge in [-0.15, -0.1) is 20.5 Å². The number of halogens is 1. The molecule has 6 aromatic rings. The first-order chi connectivity index (χ1) is 21.7. The topological polar surface area (TPSA) is 164 Å². The minimum atomic E-state index is -1.30. The van der Waals surface area contributed by atoms with E-state index in [4.69, 9.17) is 0 Å². The average molecular weight is 708 g/mol. The van der Waals surface area contributed by atoms with Gasteiger partial charge in [0.15, 0.2) is 0 Å². The minimum absolute atomic E-state index is 0.249. The van der Waals surface area contributed by atoms with Crippen LogP contribution in [-0.4, -0.2) is 32.4 Å². The molecule has 10 nitrogen and oxygen atoms in total. The Morgan fingerprint density at radius 3 is 1.49 bits per heavy atom. The van der Waals surface area contributed by atoms with E-state index in [9.17, 15) is 30.0 Å². The molecule has 0 heterocycles.